The molecule has 0 radical (unpaired) electrons. The van der Waals surface area contributed by atoms with Crippen molar-refractivity contribution in [3.05, 3.63) is 0 Å². The Labute approximate surface area is 51.2 Å². The summed E-state index contributed by atoms with van der Waals surface area (Å²) < 4.78 is 4.40. The molecular formula is C4H6N2O3. The molecule has 3 N–H and O–H groups in total. The molecule has 1 atom stereocenters. The molecule has 1 rings (SSSR count). The van der Waals surface area contributed by atoms with Crippen molar-refractivity contribution in [3.63, 3.8) is 0 Å². The van der Waals surface area contributed by atoms with Gasteiger partial charge in [0.15, 0.2) is 6.10 Å². The standard InChI is InChI=1S/C4H6N2O3/c5-1-2-3(7)6-4(8)9-2/h2H,1,5H2,(H,6,7,8). The summed E-state index contributed by atoms with van der Waals surface area (Å²) in [4.78, 5) is 20.7. The largest absolute Gasteiger partial charge is 0.434 e. The number of amides is 2. The zero-order valence-corrected chi connectivity index (χ0v) is 4.59. The SMILES string of the molecule is NCC1OC(=O)NC1=O. The van der Waals surface area contributed by atoms with Crippen LogP contribution in [0.3, 0.4) is 0 Å². The Hall–Kier alpha value is -1.10. The zero-order chi connectivity index (χ0) is 6.85. The highest BCUT2D eigenvalue weighted by molar-refractivity contribution is 6.00. The molecule has 0 saturated carbocycles. The number of ether oxygens (including phenoxy) is 1. The number of carbonyl (C=O) groups excluding carboxylic acids is 2. The number of hydrogen-bond donors (Lipinski definition) is 2. The molecule has 1 aliphatic rings. The normalized spacial score (nSPS) is 25.7. The van der Waals surface area contributed by atoms with Crippen LogP contribution in [-0.4, -0.2) is 24.6 Å². The average Bonchev–Trinajstić information content (AvgIpc) is 2.10. The number of nitrogens with two attached hydrogens (primary N) is 1. The van der Waals surface area contributed by atoms with Crippen LogP contribution in [-0.2, 0) is 9.53 Å². The molecule has 0 aromatic carbocycles. The molecule has 0 bridgehead atoms. The number of alkyl carbamates (subject to hydrolysis) is 1. The van der Waals surface area contributed by atoms with Gasteiger partial charge in [-0.15, -0.1) is 0 Å². The lowest BCUT2D eigenvalue weighted by Gasteiger charge is -1.97. The third-order valence-corrected chi connectivity index (χ3v) is 0.981. The molecule has 0 aliphatic carbocycles. The fourth-order valence-corrected chi connectivity index (χ4v) is 0.548. The van der Waals surface area contributed by atoms with E-state index in [0.29, 0.717) is 0 Å². The van der Waals surface area contributed by atoms with E-state index in [1.165, 1.54) is 0 Å². The van der Waals surface area contributed by atoms with Gasteiger partial charge in [-0.25, -0.2) is 4.79 Å². The van der Waals surface area contributed by atoms with Crippen molar-refractivity contribution in [3.8, 4) is 0 Å². The van der Waals surface area contributed by atoms with E-state index >= 15 is 0 Å². The van der Waals surface area contributed by atoms with Gasteiger partial charge in [0.1, 0.15) is 0 Å². The van der Waals surface area contributed by atoms with Crippen LogP contribution in [0.2, 0.25) is 0 Å². The van der Waals surface area contributed by atoms with Crippen LogP contribution in [0.15, 0.2) is 0 Å². The van der Waals surface area contributed by atoms with Gasteiger partial charge in [0.2, 0.25) is 0 Å². The smallest absolute Gasteiger partial charge is 0.414 e. The highest BCUT2D eigenvalue weighted by Gasteiger charge is 2.30. The van der Waals surface area contributed by atoms with Crippen molar-refractivity contribution in [2.45, 2.75) is 6.10 Å². The maximum Gasteiger partial charge on any atom is 0.414 e. The van der Waals surface area contributed by atoms with Crippen LogP contribution in [0, 0.1) is 0 Å². The summed E-state index contributed by atoms with van der Waals surface area (Å²) in [5, 5.41) is 1.94. The van der Waals surface area contributed by atoms with E-state index in [2.05, 4.69) is 4.74 Å². The van der Waals surface area contributed by atoms with Crippen molar-refractivity contribution in [1.82, 2.24) is 5.32 Å². The molecule has 2 amide bonds. The molecular weight excluding hydrogens is 124 g/mol. The van der Waals surface area contributed by atoms with E-state index in [9.17, 15) is 9.59 Å². The first-order valence-corrected chi connectivity index (χ1v) is 2.45. The van der Waals surface area contributed by atoms with Crippen molar-refractivity contribution < 1.29 is 14.3 Å². The van der Waals surface area contributed by atoms with E-state index in [0.717, 1.165) is 0 Å². The predicted octanol–water partition coefficient (Wildman–Crippen LogP) is -1.42. The van der Waals surface area contributed by atoms with Gasteiger partial charge in [-0.05, 0) is 0 Å². The lowest BCUT2D eigenvalue weighted by atomic mass is 10.3. The second-order valence-corrected chi connectivity index (χ2v) is 1.62. The van der Waals surface area contributed by atoms with Gasteiger partial charge in [-0.1, -0.05) is 0 Å². The molecule has 0 aromatic rings. The summed E-state index contributed by atoms with van der Waals surface area (Å²) in [6, 6.07) is 0. The van der Waals surface area contributed by atoms with Crippen LogP contribution in [0.25, 0.3) is 0 Å². The van der Waals surface area contributed by atoms with E-state index in [1.807, 2.05) is 5.32 Å². The van der Waals surface area contributed by atoms with Gasteiger partial charge in [-0.3, -0.25) is 10.1 Å². The van der Waals surface area contributed by atoms with Crippen LogP contribution in [0.4, 0.5) is 4.79 Å². The summed E-state index contributed by atoms with van der Waals surface area (Å²) in [5.74, 6) is -0.456. The average molecular weight is 130 g/mol. The minimum Gasteiger partial charge on any atom is -0.434 e. The summed E-state index contributed by atoms with van der Waals surface area (Å²) in [7, 11) is 0. The van der Waals surface area contributed by atoms with E-state index in [-0.39, 0.29) is 6.54 Å². The van der Waals surface area contributed by atoms with E-state index in [1.54, 1.807) is 0 Å². The number of imide groups is 1. The number of rotatable bonds is 1. The maximum atomic E-state index is 10.5. The molecule has 1 heterocycles. The molecule has 1 fully saturated rings. The summed E-state index contributed by atoms with van der Waals surface area (Å²) in [5.41, 5.74) is 5.05. The maximum absolute atomic E-state index is 10.5. The molecule has 0 aromatic heterocycles. The van der Waals surface area contributed by atoms with Crippen molar-refractivity contribution >= 4 is 12.0 Å². The number of nitrogens with one attached hydrogen (secondary N) is 1. The first-order chi connectivity index (χ1) is 4.24. The second-order valence-electron chi connectivity index (χ2n) is 1.62. The number of cyclic esters (lactones) is 1. The first-order valence-electron chi connectivity index (χ1n) is 2.45. The van der Waals surface area contributed by atoms with Crippen LogP contribution >= 0.6 is 0 Å². The van der Waals surface area contributed by atoms with Crippen molar-refractivity contribution in [1.29, 1.82) is 0 Å². The van der Waals surface area contributed by atoms with Gasteiger partial charge in [0.05, 0.1) is 0 Å². The fraction of sp³-hybridized carbons (Fsp3) is 0.500. The minimum atomic E-state index is -0.780. The van der Waals surface area contributed by atoms with Crippen LogP contribution in [0.1, 0.15) is 0 Å². The van der Waals surface area contributed by atoms with Gasteiger partial charge >= 0.3 is 6.09 Å². The highest BCUT2D eigenvalue weighted by atomic mass is 16.6. The van der Waals surface area contributed by atoms with Gasteiger partial charge in [-0.2, -0.15) is 0 Å². The molecule has 5 nitrogen and oxygen atoms in total. The Kier molecular flexibility index (Phi) is 1.35. The predicted molar refractivity (Wildman–Crippen MR) is 27.5 cm³/mol. The molecule has 0 spiro atoms. The van der Waals surface area contributed by atoms with Crippen LogP contribution < -0.4 is 11.1 Å². The molecule has 1 unspecified atom stereocenters. The van der Waals surface area contributed by atoms with E-state index < -0.39 is 18.1 Å². The zero-order valence-electron chi connectivity index (χ0n) is 4.59. The molecule has 50 valence electrons. The quantitative estimate of drug-likeness (QED) is 0.456. The fourth-order valence-electron chi connectivity index (χ4n) is 0.548. The molecule has 1 saturated heterocycles. The summed E-state index contributed by atoms with van der Waals surface area (Å²) >= 11 is 0. The number of hydrogen-bond acceptors (Lipinski definition) is 4. The van der Waals surface area contributed by atoms with Gasteiger partial charge in [0.25, 0.3) is 5.91 Å². The van der Waals surface area contributed by atoms with Gasteiger partial charge < -0.3 is 10.5 Å². The lowest BCUT2D eigenvalue weighted by molar-refractivity contribution is -0.123. The van der Waals surface area contributed by atoms with Crippen molar-refractivity contribution in [2.24, 2.45) is 5.73 Å². The van der Waals surface area contributed by atoms with Gasteiger partial charge in [0, 0.05) is 6.54 Å². The van der Waals surface area contributed by atoms with E-state index in [4.69, 9.17) is 5.73 Å². The first kappa shape index (κ1) is 6.03. The molecule has 9 heavy (non-hydrogen) atoms. The topological polar surface area (TPSA) is 81.4 Å². The molecule has 5 heteroatoms. The Morgan fingerprint density at radius 1 is 1.67 bits per heavy atom. The summed E-state index contributed by atoms with van der Waals surface area (Å²) in [6.07, 6.45) is -1.49. The minimum absolute atomic E-state index is 0.0393. The Bertz CT molecular complexity index is 156. The Balaban J connectivity index is 2.58. The van der Waals surface area contributed by atoms with Crippen molar-refractivity contribution in [2.75, 3.05) is 6.54 Å². The molecule has 1 aliphatic heterocycles. The second kappa shape index (κ2) is 2.02. The third-order valence-electron chi connectivity index (χ3n) is 0.981. The Morgan fingerprint density at radius 3 is 2.56 bits per heavy atom. The highest BCUT2D eigenvalue weighted by Crippen LogP contribution is 1.98. The monoisotopic (exact) mass is 130 g/mol. The number of carbonyl (C=O) groups is 2. The summed E-state index contributed by atoms with van der Waals surface area (Å²) in [6.45, 7) is 0.0393. The van der Waals surface area contributed by atoms with Crippen LogP contribution in [0.5, 0.6) is 0 Å². The Morgan fingerprint density at radius 2 is 2.33 bits per heavy atom. The lowest BCUT2D eigenvalue weighted by Crippen LogP contribution is -2.30. The third kappa shape index (κ3) is 0.996.